The van der Waals surface area contributed by atoms with Crippen LogP contribution in [-0.4, -0.2) is 26.9 Å². The number of pyridine rings is 1. The van der Waals surface area contributed by atoms with Gasteiger partial charge in [-0.25, -0.2) is 4.98 Å². The molecule has 98 valence electrons. The smallest absolute Gasteiger partial charge is 0.224 e. The molecule has 0 spiro atoms. The predicted molar refractivity (Wildman–Crippen MR) is 74.3 cm³/mol. The second kappa shape index (κ2) is 4.42. The fourth-order valence-corrected chi connectivity index (χ4v) is 2.17. The summed E-state index contributed by atoms with van der Waals surface area (Å²) in [5, 5.41) is 8.33. The molecular formula is C14H16N4O. The van der Waals surface area contributed by atoms with Gasteiger partial charge in [-0.05, 0) is 26.0 Å². The molecule has 0 aliphatic heterocycles. The fourth-order valence-electron chi connectivity index (χ4n) is 2.17. The first-order chi connectivity index (χ1) is 9.20. The summed E-state index contributed by atoms with van der Waals surface area (Å²) in [4.78, 5) is 4.24. The first-order valence-corrected chi connectivity index (χ1v) is 6.25. The third kappa shape index (κ3) is 1.87. The summed E-state index contributed by atoms with van der Waals surface area (Å²) in [6, 6.07) is 4.38. The Morgan fingerprint density at radius 3 is 2.84 bits per heavy atom. The second-order valence-electron chi connectivity index (χ2n) is 4.76. The van der Waals surface area contributed by atoms with Crippen LogP contribution in [0, 0.1) is 0 Å². The average molecular weight is 256 g/mol. The molecule has 5 nitrogen and oxygen atoms in total. The first kappa shape index (κ1) is 11.8. The molecule has 19 heavy (non-hydrogen) atoms. The van der Waals surface area contributed by atoms with E-state index in [1.807, 2.05) is 6.07 Å². The molecule has 0 bridgehead atoms. The first-order valence-electron chi connectivity index (χ1n) is 6.25. The molecule has 3 aromatic rings. The van der Waals surface area contributed by atoms with Crippen LogP contribution in [0.2, 0.25) is 0 Å². The number of nitrogens with zero attached hydrogens (tertiary/aromatic N) is 3. The molecule has 0 aromatic carbocycles. The lowest BCUT2D eigenvalue weighted by atomic mass is 10.1. The second-order valence-corrected chi connectivity index (χ2v) is 4.76. The van der Waals surface area contributed by atoms with Crippen molar-refractivity contribution in [1.82, 2.24) is 19.7 Å². The summed E-state index contributed by atoms with van der Waals surface area (Å²) in [6.07, 6.45) is 5.86. The third-order valence-electron chi connectivity index (χ3n) is 3.22. The van der Waals surface area contributed by atoms with E-state index >= 15 is 0 Å². The van der Waals surface area contributed by atoms with Crippen molar-refractivity contribution in [2.75, 3.05) is 7.11 Å². The Kier molecular flexibility index (Phi) is 2.74. The Bertz CT molecular complexity index is 711. The minimum atomic E-state index is 0.430. The monoisotopic (exact) mass is 256 g/mol. The van der Waals surface area contributed by atoms with Gasteiger partial charge in [-0.3, -0.25) is 5.10 Å². The van der Waals surface area contributed by atoms with Gasteiger partial charge in [0.2, 0.25) is 5.88 Å². The number of H-pyrrole nitrogens is 1. The maximum atomic E-state index is 5.32. The molecule has 5 heteroatoms. The largest absolute Gasteiger partial charge is 0.480 e. The molecule has 0 amide bonds. The zero-order valence-electron chi connectivity index (χ0n) is 11.2. The SMILES string of the molecule is COc1nccc2[nH]nc(-c3ccn(C(C)C)c3)c12. The molecule has 0 saturated heterocycles. The lowest BCUT2D eigenvalue weighted by molar-refractivity contribution is 0.403. The highest BCUT2D eigenvalue weighted by Crippen LogP contribution is 2.32. The number of aromatic nitrogens is 4. The quantitative estimate of drug-likeness (QED) is 0.783. The van der Waals surface area contributed by atoms with Gasteiger partial charge in [-0.1, -0.05) is 0 Å². The van der Waals surface area contributed by atoms with Crippen molar-refractivity contribution in [2.45, 2.75) is 19.9 Å². The Morgan fingerprint density at radius 2 is 2.16 bits per heavy atom. The van der Waals surface area contributed by atoms with Gasteiger partial charge in [0.25, 0.3) is 0 Å². The molecule has 0 aliphatic carbocycles. The van der Waals surface area contributed by atoms with Crippen LogP contribution in [0.15, 0.2) is 30.7 Å². The Morgan fingerprint density at radius 1 is 1.32 bits per heavy atom. The van der Waals surface area contributed by atoms with Crippen LogP contribution in [-0.2, 0) is 0 Å². The Hall–Kier alpha value is -2.30. The zero-order chi connectivity index (χ0) is 13.4. The summed E-state index contributed by atoms with van der Waals surface area (Å²) in [6.45, 7) is 4.29. The summed E-state index contributed by atoms with van der Waals surface area (Å²) in [5.41, 5.74) is 2.87. The van der Waals surface area contributed by atoms with Crippen LogP contribution in [0.3, 0.4) is 0 Å². The standard InChI is InChI=1S/C14H16N4O/c1-9(2)18-7-5-10(8-18)13-12-11(16-17-13)4-6-15-14(12)19-3/h4-9H,1-3H3,(H,16,17). The van der Waals surface area contributed by atoms with E-state index < -0.39 is 0 Å². The van der Waals surface area contributed by atoms with Crippen molar-refractivity contribution in [2.24, 2.45) is 0 Å². The highest BCUT2D eigenvalue weighted by molar-refractivity contribution is 5.96. The minimum Gasteiger partial charge on any atom is -0.480 e. The van der Waals surface area contributed by atoms with Gasteiger partial charge in [0.05, 0.1) is 18.0 Å². The number of aromatic amines is 1. The summed E-state index contributed by atoms with van der Waals surface area (Å²) < 4.78 is 7.48. The van der Waals surface area contributed by atoms with E-state index in [0.717, 1.165) is 22.2 Å². The van der Waals surface area contributed by atoms with Crippen molar-refractivity contribution < 1.29 is 4.74 Å². The summed E-state index contributed by atoms with van der Waals surface area (Å²) in [7, 11) is 1.62. The number of ether oxygens (including phenoxy) is 1. The molecule has 0 unspecified atom stereocenters. The number of fused-ring (bicyclic) bond motifs is 1. The van der Waals surface area contributed by atoms with Gasteiger partial charge in [0, 0.05) is 30.2 Å². The normalized spacial score (nSPS) is 11.4. The van der Waals surface area contributed by atoms with E-state index in [1.54, 1.807) is 13.3 Å². The molecule has 0 aliphatic rings. The van der Waals surface area contributed by atoms with Gasteiger partial charge in [-0.15, -0.1) is 0 Å². The number of nitrogens with one attached hydrogen (secondary N) is 1. The minimum absolute atomic E-state index is 0.430. The highest BCUT2D eigenvalue weighted by Gasteiger charge is 2.14. The van der Waals surface area contributed by atoms with Crippen LogP contribution >= 0.6 is 0 Å². The van der Waals surface area contributed by atoms with Crippen LogP contribution in [0.4, 0.5) is 0 Å². The van der Waals surface area contributed by atoms with E-state index in [9.17, 15) is 0 Å². The Balaban J connectivity index is 2.19. The maximum absolute atomic E-state index is 5.32. The third-order valence-corrected chi connectivity index (χ3v) is 3.22. The van der Waals surface area contributed by atoms with Crippen LogP contribution in [0.5, 0.6) is 5.88 Å². The molecule has 1 N–H and O–H groups in total. The summed E-state index contributed by atoms with van der Waals surface area (Å²) >= 11 is 0. The van der Waals surface area contributed by atoms with Gasteiger partial charge in [0.1, 0.15) is 5.69 Å². The van der Waals surface area contributed by atoms with Crippen LogP contribution in [0.25, 0.3) is 22.2 Å². The van der Waals surface area contributed by atoms with Gasteiger partial charge < -0.3 is 9.30 Å². The van der Waals surface area contributed by atoms with E-state index in [-0.39, 0.29) is 0 Å². The number of methoxy groups -OCH3 is 1. The van der Waals surface area contributed by atoms with Crippen molar-refractivity contribution >= 4 is 10.9 Å². The van der Waals surface area contributed by atoms with E-state index in [0.29, 0.717) is 11.9 Å². The van der Waals surface area contributed by atoms with Crippen LogP contribution in [0.1, 0.15) is 19.9 Å². The van der Waals surface area contributed by atoms with E-state index in [4.69, 9.17) is 4.74 Å². The van der Waals surface area contributed by atoms with Crippen molar-refractivity contribution in [3.8, 4) is 17.1 Å². The fraction of sp³-hybridized carbons (Fsp3) is 0.286. The average Bonchev–Trinajstić information content (AvgIpc) is 3.04. The van der Waals surface area contributed by atoms with Crippen molar-refractivity contribution in [3.63, 3.8) is 0 Å². The number of hydrogen-bond acceptors (Lipinski definition) is 3. The highest BCUT2D eigenvalue weighted by atomic mass is 16.5. The predicted octanol–water partition coefficient (Wildman–Crippen LogP) is 3.02. The molecule has 0 atom stereocenters. The zero-order valence-corrected chi connectivity index (χ0v) is 11.2. The maximum Gasteiger partial charge on any atom is 0.224 e. The molecule has 0 radical (unpaired) electrons. The van der Waals surface area contributed by atoms with Gasteiger partial charge in [0.15, 0.2) is 0 Å². The molecule has 3 heterocycles. The topological polar surface area (TPSA) is 55.7 Å². The van der Waals surface area contributed by atoms with Gasteiger partial charge in [-0.2, -0.15) is 5.10 Å². The molecular weight excluding hydrogens is 240 g/mol. The Labute approximate surface area is 111 Å². The molecule has 0 fully saturated rings. The lowest BCUT2D eigenvalue weighted by Crippen LogP contribution is -1.95. The van der Waals surface area contributed by atoms with E-state index in [1.165, 1.54) is 0 Å². The molecule has 3 aromatic heterocycles. The van der Waals surface area contributed by atoms with Crippen molar-refractivity contribution in [1.29, 1.82) is 0 Å². The van der Waals surface area contributed by atoms with Gasteiger partial charge >= 0.3 is 0 Å². The summed E-state index contributed by atoms with van der Waals surface area (Å²) in [5.74, 6) is 0.596. The molecule has 3 rings (SSSR count). The van der Waals surface area contributed by atoms with E-state index in [2.05, 4.69) is 52.1 Å². The van der Waals surface area contributed by atoms with Crippen LogP contribution < -0.4 is 4.74 Å². The number of hydrogen-bond donors (Lipinski definition) is 1. The lowest BCUT2D eigenvalue weighted by Gasteiger charge is -2.05. The number of rotatable bonds is 3. The molecule has 0 saturated carbocycles. The van der Waals surface area contributed by atoms with Crippen molar-refractivity contribution in [3.05, 3.63) is 30.7 Å².